The van der Waals surface area contributed by atoms with Crippen LogP contribution in [0.3, 0.4) is 0 Å². The molecule has 0 spiro atoms. The lowest BCUT2D eigenvalue weighted by molar-refractivity contribution is 0.475. The van der Waals surface area contributed by atoms with Gasteiger partial charge in [0, 0.05) is 5.69 Å². The third-order valence-electron chi connectivity index (χ3n) is 3.55. The van der Waals surface area contributed by atoms with E-state index in [-0.39, 0.29) is 0 Å². The van der Waals surface area contributed by atoms with Crippen molar-refractivity contribution >= 4 is 16.8 Å². The van der Waals surface area contributed by atoms with Gasteiger partial charge < -0.3 is 10.8 Å². The molecule has 0 saturated carbocycles. The van der Waals surface area contributed by atoms with Gasteiger partial charge in [0.15, 0.2) is 0 Å². The molecule has 2 heteroatoms. The molecule has 0 heterocycles. The number of phenolic OH excluding ortho intramolecular Hbond substituents is 1. The van der Waals surface area contributed by atoms with E-state index in [1.54, 1.807) is 12.1 Å². The molecule has 2 nitrogen and oxygen atoms in total. The van der Waals surface area contributed by atoms with Crippen molar-refractivity contribution in [2.75, 3.05) is 5.73 Å². The topological polar surface area (TPSA) is 46.2 Å². The second-order valence-electron chi connectivity index (χ2n) is 4.83. The van der Waals surface area contributed by atoms with Crippen molar-refractivity contribution in [1.29, 1.82) is 0 Å². The zero-order chi connectivity index (χ0) is 14.5. The highest BCUT2D eigenvalue weighted by molar-refractivity contribution is 5.90. The van der Waals surface area contributed by atoms with E-state index in [0.717, 1.165) is 18.5 Å². The molecule has 0 amide bonds. The predicted octanol–water partition coefficient (Wildman–Crippen LogP) is 4.71. The first-order chi connectivity index (χ1) is 9.65. The second-order valence-corrected chi connectivity index (χ2v) is 4.83. The Labute approximate surface area is 120 Å². The maximum Gasteiger partial charge on any atom is 0.115 e. The molecule has 2 rings (SSSR count). The molecule has 3 N–H and O–H groups in total. The molecule has 0 aromatic heterocycles. The van der Waals surface area contributed by atoms with E-state index in [2.05, 4.69) is 26.0 Å². The van der Waals surface area contributed by atoms with E-state index in [1.165, 1.54) is 22.3 Å². The number of allylic oxidation sites excluding steroid dienone is 2. The van der Waals surface area contributed by atoms with Crippen LogP contribution in [-0.2, 0) is 0 Å². The molecule has 0 aliphatic rings. The van der Waals surface area contributed by atoms with Gasteiger partial charge in [-0.3, -0.25) is 0 Å². The number of nitrogen functional groups attached to an aromatic ring is 1. The van der Waals surface area contributed by atoms with Crippen LogP contribution in [0, 0.1) is 0 Å². The summed E-state index contributed by atoms with van der Waals surface area (Å²) in [5, 5.41) is 9.42. The number of phenols is 1. The van der Waals surface area contributed by atoms with Crippen LogP contribution in [0.15, 0.2) is 48.5 Å². The molecule has 20 heavy (non-hydrogen) atoms. The van der Waals surface area contributed by atoms with Crippen LogP contribution in [0.4, 0.5) is 5.69 Å². The average molecular weight is 267 g/mol. The maximum atomic E-state index is 9.42. The minimum Gasteiger partial charge on any atom is -0.508 e. The summed E-state index contributed by atoms with van der Waals surface area (Å²) in [7, 11) is 0. The summed E-state index contributed by atoms with van der Waals surface area (Å²) >= 11 is 0. The molecule has 0 atom stereocenters. The molecule has 0 aliphatic heterocycles. The summed E-state index contributed by atoms with van der Waals surface area (Å²) in [5.41, 5.74) is 11.6. The standard InChI is InChI=1S/C18H21NO/c1-3-17(13-5-9-15(19)10-6-13)18(4-2)14-7-11-16(20)12-8-14/h5-12,20H,3-4,19H2,1-2H3. The van der Waals surface area contributed by atoms with Crippen molar-refractivity contribution in [3.05, 3.63) is 59.7 Å². The fourth-order valence-electron chi connectivity index (χ4n) is 2.53. The lowest BCUT2D eigenvalue weighted by atomic mass is 9.91. The first-order valence-electron chi connectivity index (χ1n) is 7.03. The molecule has 104 valence electrons. The molecule has 2 aromatic carbocycles. The number of benzene rings is 2. The van der Waals surface area contributed by atoms with Gasteiger partial charge >= 0.3 is 0 Å². The molecule has 0 aliphatic carbocycles. The summed E-state index contributed by atoms with van der Waals surface area (Å²) in [6.45, 7) is 4.33. The van der Waals surface area contributed by atoms with Gasteiger partial charge in [0.2, 0.25) is 0 Å². The quantitative estimate of drug-likeness (QED) is 0.622. The Balaban J connectivity index is 2.52. The maximum absolute atomic E-state index is 9.42. The lowest BCUT2D eigenvalue weighted by Gasteiger charge is -2.14. The molecule has 0 bridgehead atoms. The van der Waals surface area contributed by atoms with Gasteiger partial charge in [-0.05, 0) is 59.4 Å². The fraction of sp³-hybridized carbons (Fsp3) is 0.222. The number of nitrogens with two attached hydrogens (primary N) is 1. The summed E-state index contributed by atoms with van der Waals surface area (Å²) < 4.78 is 0. The van der Waals surface area contributed by atoms with E-state index in [9.17, 15) is 5.11 Å². The molecule has 0 saturated heterocycles. The number of aromatic hydroxyl groups is 1. The smallest absolute Gasteiger partial charge is 0.115 e. The average Bonchev–Trinajstić information content (AvgIpc) is 2.47. The molecule has 0 unspecified atom stereocenters. The van der Waals surface area contributed by atoms with Crippen LogP contribution < -0.4 is 5.73 Å². The van der Waals surface area contributed by atoms with E-state index < -0.39 is 0 Å². The molecule has 2 aromatic rings. The Kier molecular flexibility index (Phi) is 4.46. The highest BCUT2D eigenvalue weighted by Gasteiger charge is 2.08. The van der Waals surface area contributed by atoms with Crippen molar-refractivity contribution < 1.29 is 5.11 Å². The highest BCUT2D eigenvalue weighted by atomic mass is 16.3. The van der Waals surface area contributed by atoms with Crippen molar-refractivity contribution in [2.45, 2.75) is 26.7 Å². The van der Waals surface area contributed by atoms with E-state index in [1.807, 2.05) is 24.3 Å². The Morgan fingerprint density at radius 2 is 1.20 bits per heavy atom. The minimum atomic E-state index is 0.301. The summed E-state index contributed by atoms with van der Waals surface area (Å²) in [6, 6.07) is 15.4. The first-order valence-corrected chi connectivity index (χ1v) is 7.03. The van der Waals surface area contributed by atoms with Crippen molar-refractivity contribution in [3.63, 3.8) is 0 Å². The normalized spacial score (nSPS) is 12.1. The molecular weight excluding hydrogens is 246 g/mol. The van der Waals surface area contributed by atoms with Crippen LogP contribution in [0.5, 0.6) is 5.75 Å². The van der Waals surface area contributed by atoms with Gasteiger partial charge in [0.05, 0.1) is 0 Å². The van der Waals surface area contributed by atoms with E-state index in [0.29, 0.717) is 5.75 Å². The van der Waals surface area contributed by atoms with Gasteiger partial charge in [0.25, 0.3) is 0 Å². The van der Waals surface area contributed by atoms with Crippen LogP contribution in [0.25, 0.3) is 11.1 Å². The van der Waals surface area contributed by atoms with Crippen LogP contribution in [0.1, 0.15) is 37.8 Å². The van der Waals surface area contributed by atoms with Crippen molar-refractivity contribution in [3.8, 4) is 5.75 Å². The van der Waals surface area contributed by atoms with Gasteiger partial charge in [-0.15, -0.1) is 0 Å². The predicted molar refractivity (Wildman–Crippen MR) is 86.4 cm³/mol. The minimum absolute atomic E-state index is 0.301. The Morgan fingerprint density at radius 1 is 0.800 bits per heavy atom. The first kappa shape index (κ1) is 14.2. The van der Waals surface area contributed by atoms with Gasteiger partial charge in [-0.1, -0.05) is 38.1 Å². The summed E-state index contributed by atoms with van der Waals surface area (Å²) in [6.07, 6.45) is 1.92. The summed E-state index contributed by atoms with van der Waals surface area (Å²) in [4.78, 5) is 0. The van der Waals surface area contributed by atoms with Crippen LogP contribution in [-0.4, -0.2) is 5.11 Å². The van der Waals surface area contributed by atoms with Crippen LogP contribution >= 0.6 is 0 Å². The zero-order valence-corrected chi connectivity index (χ0v) is 12.1. The number of hydrogen-bond acceptors (Lipinski definition) is 2. The monoisotopic (exact) mass is 267 g/mol. The van der Waals surface area contributed by atoms with E-state index >= 15 is 0 Å². The largest absolute Gasteiger partial charge is 0.508 e. The zero-order valence-electron chi connectivity index (χ0n) is 12.1. The summed E-state index contributed by atoms with van der Waals surface area (Å²) in [5.74, 6) is 0.301. The van der Waals surface area contributed by atoms with Gasteiger partial charge in [-0.25, -0.2) is 0 Å². The molecule has 0 radical (unpaired) electrons. The lowest BCUT2D eigenvalue weighted by Crippen LogP contribution is -1.92. The third-order valence-corrected chi connectivity index (χ3v) is 3.55. The third kappa shape index (κ3) is 3.02. The Morgan fingerprint density at radius 3 is 1.60 bits per heavy atom. The SMILES string of the molecule is CCC(=C(CC)c1ccc(O)cc1)c1ccc(N)cc1. The molecular formula is C18H21NO. The second kappa shape index (κ2) is 6.29. The van der Waals surface area contributed by atoms with Gasteiger partial charge in [-0.2, -0.15) is 0 Å². The Hall–Kier alpha value is -2.22. The number of hydrogen-bond donors (Lipinski definition) is 2. The Bertz CT molecular complexity index is 539. The highest BCUT2D eigenvalue weighted by Crippen LogP contribution is 2.32. The number of rotatable bonds is 4. The molecule has 0 fully saturated rings. The van der Waals surface area contributed by atoms with Gasteiger partial charge in [0.1, 0.15) is 5.75 Å². The van der Waals surface area contributed by atoms with E-state index in [4.69, 9.17) is 5.73 Å². The van der Waals surface area contributed by atoms with Crippen molar-refractivity contribution in [1.82, 2.24) is 0 Å². The fourth-order valence-corrected chi connectivity index (χ4v) is 2.53. The van der Waals surface area contributed by atoms with Crippen LogP contribution in [0.2, 0.25) is 0 Å². The number of anilines is 1. The van der Waals surface area contributed by atoms with Crippen molar-refractivity contribution in [2.24, 2.45) is 0 Å².